The quantitative estimate of drug-likeness (QED) is 0.532. The number of nitrogens with zero attached hydrogens (tertiary/aromatic N) is 1. The molecule has 1 aliphatic rings. The van der Waals surface area contributed by atoms with Crippen LogP contribution in [0.25, 0.3) is 0 Å². The number of anilines is 1. The average Bonchev–Trinajstić information content (AvgIpc) is 2.57. The number of ether oxygens (including phenoxy) is 1. The van der Waals surface area contributed by atoms with Crippen molar-refractivity contribution >= 4 is 27.6 Å². The number of pyridine rings is 1. The number of nitrogen functional groups attached to an aromatic ring is 1. The zero-order valence-electron chi connectivity index (χ0n) is 15.9. The number of amidine groups is 1. The molecule has 0 atom stereocenters. The third kappa shape index (κ3) is 4.74. The van der Waals surface area contributed by atoms with Gasteiger partial charge in [0.15, 0.2) is 0 Å². The molecule has 0 fully saturated rings. The van der Waals surface area contributed by atoms with Gasteiger partial charge < -0.3 is 26.5 Å². The number of amides is 1. The van der Waals surface area contributed by atoms with Crippen molar-refractivity contribution in [1.82, 2.24) is 10.3 Å². The van der Waals surface area contributed by atoms with Gasteiger partial charge >= 0.3 is 0 Å². The minimum absolute atomic E-state index is 0.0495. The lowest BCUT2D eigenvalue weighted by atomic mass is 10.0. The molecule has 0 bridgehead atoms. The molecule has 154 valence electrons. The Kier molecular flexibility index (Phi) is 5.09. The SMILES string of the molecule is CC(C)(COc1cccc2c1C(N)=NS(=O)(=O)C2)NC(=O)c1cc(N)[nH]c(=O)c1. The number of nitrogens with two attached hydrogens (primary N) is 2. The number of rotatable bonds is 5. The summed E-state index contributed by atoms with van der Waals surface area (Å²) in [5, 5.41) is 2.77. The number of aromatic amines is 1. The first kappa shape index (κ1) is 20.4. The van der Waals surface area contributed by atoms with Gasteiger partial charge in [-0.25, -0.2) is 8.42 Å². The topological polar surface area (TPSA) is 170 Å². The van der Waals surface area contributed by atoms with Crippen LogP contribution >= 0.6 is 0 Å². The fraction of sp³-hybridized carbons (Fsp3) is 0.278. The molecule has 0 saturated carbocycles. The highest BCUT2D eigenvalue weighted by Gasteiger charge is 2.27. The van der Waals surface area contributed by atoms with Crippen molar-refractivity contribution < 1.29 is 17.9 Å². The minimum atomic E-state index is -3.65. The highest BCUT2D eigenvalue weighted by Crippen LogP contribution is 2.28. The summed E-state index contributed by atoms with van der Waals surface area (Å²) in [6.07, 6.45) is 0. The molecule has 3 rings (SSSR count). The normalized spacial score (nSPS) is 15.2. The number of aromatic nitrogens is 1. The molecule has 1 aromatic heterocycles. The third-order valence-electron chi connectivity index (χ3n) is 4.11. The highest BCUT2D eigenvalue weighted by atomic mass is 32.2. The van der Waals surface area contributed by atoms with E-state index in [2.05, 4.69) is 14.7 Å². The van der Waals surface area contributed by atoms with Crippen LogP contribution in [0.2, 0.25) is 0 Å². The number of H-pyrrole nitrogens is 1. The van der Waals surface area contributed by atoms with E-state index in [1.165, 1.54) is 6.07 Å². The van der Waals surface area contributed by atoms with Gasteiger partial charge in [0.25, 0.3) is 15.9 Å². The largest absolute Gasteiger partial charge is 0.490 e. The zero-order valence-corrected chi connectivity index (χ0v) is 16.7. The molecule has 1 amide bonds. The van der Waals surface area contributed by atoms with Gasteiger partial charge in [-0.15, -0.1) is 4.40 Å². The van der Waals surface area contributed by atoms with E-state index in [0.29, 0.717) is 16.9 Å². The summed E-state index contributed by atoms with van der Waals surface area (Å²) >= 11 is 0. The first-order chi connectivity index (χ1) is 13.5. The van der Waals surface area contributed by atoms with Crippen molar-refractivity contribution in [3.05, 3.63) is 57.4 Å². The minimum Gasteiger partial charge on any atom is -0.490 e. The number of carbonyl (C=O) groups is 1. The Labute approximate surface area is 167 Å². The molecule has 2 aromatic rings. The van der Waals surface area contributed by atoms with Crippen LogP contribution < -0.4 is 27.1 Å². The third-order valence-corrected chi connectivity index (χ3v) is 5.26. The number of nitrogens with one attached hydrogen (secondary N) is 2. The molecule has 29 heavy (non-hydrogen) atoms. The average molecular weight is 419 g/mol. The Balaban J connectivity index is 1.76. The molecule has 0 unspecified atom stereocenters. The molecule has 0 spiro atoms. The Morgan fingerprint density at radius 3 is 2.72 bits per heavy atom. The second kappa shape index (κ2) is 7.24. The molecule has 10 nitrogen and oxygen atoms in total. The van der Waals surface area contributed by atoms with E-state index in [9.17, 15) is 18.0 Å². The van der Waals surface area contributed by atoms with Crippen LogP contribution in [0.1, 0.15) is 35.3 Å². The monoisotopic (exact) mass is 419 g/mol. The van der Waals surface area contributed by atoms with E-state index in [0.717, 1.165) is 6.07 Å². The van der Waals surface area contributed by atoms with E-state index in [1.807, 2.05) is 0 Å². The van der Waals surface area contributed by atoms with Crippen LogP contribution in [0.5, 0.6) is 5.75 Å². The fourth-order valence-corrected chi connectivity index (χ4v) is 3.99. The lowest BCUT2D eigenvalue weighted by molar-refractivity contribution is 0.0880. The number of benzene rings is 1. The smallest absolute Gasteiger partial charge is 0.259 e. The van der Waals surface area contributed by atoms with Gasteiger partial charge in [-0.3, -0.25) is 9.59 Å². The van der Waals surface area contributed by atoms with Crippen LogP contribution in [0.15, 0.2) is 39.5 Å². The maximum atomic E-state index is 12.5. The van der Waals surface area contributed by atoms with E-state index in [4.69, 9.17) is 16.2 Å². The van der Waals surface area contributed by atoms with Crippen molar-refractivity contribution in [3.63, 3.8) is 0 Å². The summed E-state index contributed by atoms with van der Waals surface area (Å²) in [5.74, 6) is -0.440. The molecular weight excluding hydrogens is 398 g/mol. The predicted molar refractivity (Wildman–Crippen MR) is 108 cm³/mol. The molecule has 2 heterocycles. The maximum Gasteiger partial charge on any atom is 0.259 e. The second-order valence-corrected chi connectivity index (χ2v) is 8.94. The van der Waals surface area contributed by atoms with Crippen LogP contribution in [-0.2, 0) is 15.8 Å². The van der Waals surface area contributed by atoms with Crippen molar-refractivity contribution in [2.45, 2.75) is 25.1 Å². The van der Waals surface area contributed by atoms with Gasteiger partial charge in [0.05, 0.1) is 16.9 Å². The molecule has 0 saturated heterocycles. The Morgan fingerprint density at radius 1 is 1.31 bits per heavy atom. The van der Waals surface area contributed by atoms with Gasteiger partial charge in [-0.05, 0) is 31.5 Å². The van der Waals surface area contributed by atoms with Gasteiger partial charge in [0.2, 0.25) is 5.56 Å². The predicted octanol–water partition coefficient (Wildman–Crippen LogP) is 0.0932. The van der Waals surface area contributed by atoms with Gasteiger partial charge in [0.1, 0.15) is 24.0 Å². The number of sulfonamides is 1. The van der Waals surface area contributed by atoms with Crippen molar-refractivity contribution in [3.8, 4) is 5.75 Å². The summed E-state index contributed by atoms with van der Waals surface area (Å²) in [7, 11) is -3.65. The van der Waals surface area contributed by atoms with Crippen molar-refractivity contribution in [2.24, 2.45) is 10.1 Å². The fourth-order valence-electron chi connectivity index (χ4n) is 2.90. The first-order valence-corrected chi connectivity index (χ1v) is 10.2. The molecule has 0 radical (unpaired) electrons. The lowest BCUT2D eigenvalue weighted by Crippen LogP contribution is -2.48. The highest BCUT2D eigenvalue weighted by molar-refractivity contribution is 7.89. The van der Waals surface area contributed by atoms with E-state index in [-0.39, 0.29) is 29.6 Å². The molecule has 11 heteroatoms. The number of fused-ring (bicyclic) bond motifs is 1. The van der Waals surface area contributed by atoms with Gasteiger partial charge in [-0.2, -0.15) is 0 Å². The number of carbonyl (C=O) groups excluding carboxylic acids is 1. The van der Waals surface area contributed by atoms with Crippen molar-refractivity contribution in [2.75, 3.05) is 12.3 Å². The molecule has 1 aromatic carbocycles. The summed E-state index contributed by atoms with van der Waals surface area (Å²) in [5.41, 5.74) is 11.1. The van der Waals surface area contributed by atoms with E-state index < -0.39 is 27.0 Å². The molecule has 0 aliphatic carbocycles. The van der Waals surface area contributed by atoms with Gasteiger partial charge in [-0.1, -0.05) is 12.1 Å². The zero-order chi connectivity index (χ0) is 21.4. The van der Waals surface area contributed by atoms with Crippen LogP contribution in [-0.4, -0.2) is 37.3 Å². The van der Waals surface area contributed by atoms with Crippen LogP contribution in [0, 0.1) is 0 Å². The molecule has 1 aliphatic heterocycles. The van der Waals surface area contributed by atoms with Crippen molar-refractivity contribution in [1.29, 1.82) is 0 Å². The Morgan fingerprint density at radius 2 is 2.03 bits per heavy atom. The summed E-state index contributed by atoms with van der Waals surface area (Å²) in [6.45, 7) is 3.52. The summed E-state index contributed by atoms with van der Waals surface area (Å²) in [4.78, 5) is 26.3. The van der Waals surface area contributed by atoms with Crippen LogP contribution in [0.4, 0.5) is 5.82 Å². The Hall–Kier alpha value is -3.34. The first-order valence-electron chi connectivity index (χ1n) is 8.61. The van der Waals surface area contributed by atoms with E-state index >= 15 is 0 Å². The summed E-state index contributed by atoms with van der Waals surface area (Å²) < 4.78 is 32.9. The molecular formula is C18H21N5O5S. The number of hydrogen-bond acceptors (Lipinski definition) is 7. The second-order valence-electron chi connectivity index (χ2n) is 7.31. The van der Waals surface area contributed by atoms with Crippen LogP contribution in [0.3, 0.4) is 0 Å². The maximum absolute atomic E-state index is 12.5. The standard InChI is InChI=1S/C18H21N5O5S/c1-18(2,22-17(25)11-6-13(19)21-14(24)7-11)9-28-12-5-3-4-10-8-29(26,27)23-16(20)15(10)12/h3-7H,8-9H2,1-2H3,(H2,20,23)(H,22,25)(H3,19,21,24). The lowest BCUT2D eigenvalue weighted by Gasteiger charge is -2.27. The summed E-state index contributed by atoms with van der Waals surface area (Å²) in [6, 6.07) is 7.46. The van der Waals surface area contributed by atoms with Gasteiger partial charge in [0, 0.05) is 11.6 Å². The number of hydrogen-bond donors (Lipinski definition) is 4. The Bertz CT molecular complexity index is 1170. The molecule has 6 N–H and O–H groups in total. The van der Waals surface area contributed by atoms with E-state index in [1.54, 1.807) is 32.0 Å².